The average molecular weight is 376 g/mol. The molecule has 5 nitrogen and oxygen atoms in total. The maximum atomic E-state index is 4.78. The Morgan fingerprint density at radius 1 is 0.852 bits per heavy atom. The summed E-state index contributed by atoms with van der Waals surface area (Å²) in [4.78, 5) is 9.60. The van der Waals surface area contributed by atoms with Crippen molar-refractivity contribution in [1.82, 2.24) is 19.7 Å². The quantitative estimate of drug-likeness (QED) is 0.544. The normalized spacial score (nSPS) is 15.5. The number of hydrogen-bond donors (Lipinski definition) is 0. The van der Waals surface area contributed by atoms with Crippen molar-refractivity contribution in [2.24, 2.45) is 0 Å². The highest BCUT2D eigenvalue weighted by Crippen LogP contribution is 2.31. The average Bonchev–Trinajstić information content (AvgIpc) is 3.35. The van der Waals surface area contributed by atoms with Gasteiger partial charge in [0.1, 0.15) is 10.7 Å². The molecule has 136 valence electrons. The molecule has 27 heavy (non-hydrogen) atoms. The topological polar surface area (TPSA) is 37.2 Å². The van der Waals surface area contributed by atoms with Crippen LogP contribution in [0.2, 0.25) is 0 Å². The van der Waals surface area contributed by atoms with Crippen molar-refractivity contribution in [3.63, 3.8) is 0 Å². The molecule has 1 fully saturated rings. The number of rotatable bonds is 3. The SMILES string of the molecule is CN1CCN(c2ccc(-n3nccc3-c3nc4ccccc4s3)cc2)CC1. The molecule has 0 saturated carbocycles. The molecule has 0 aliphatic carbocycles. The van der Waals surface area contributed by atoms with Crippen LogP contribution in [-0.2, 0) is 0 Å². The van der Waals surface area contributed by atoms with Gasteiger partial charge in [-0.1, -0.05) is 12.1 Å². The summed E-state index contributed by atoms with van der Waals surface area (Å²) in [5, 5.41) is 5.55. The van der Waals surface area contributed by atoms with Crippen LogP contribution in [0.25, 0.3) is 26.6 Å². The number of hydrogen-bond acceptors (Lipinski definition) is 5. The lowest BCUT2D eigenvalue weighted by molar-refractivity contribution is 0.313. The summed E-state index contributed by atoms with van der Waals surface area (Å²) < 4.78 is 3.18. The van der Waals surface area contributed by atoms with Gasteiger partial charge in [0.05, 0.1) is 22.1 Å². The van der Waals surface area contributed by atoms with Gasteiger partial charge in [0.15, 0.2) is 0 Å². The predicted octanol–water partition coefficient (Wildman–Crippen LogP) is 3.90. The third-order valence-electron chi connectivity index (χ3n) is 5.12. The van der Waals surface area contributed by atoms with E-state index in [1.165, 1.54) is 10.4 Å². The first-order valence-corrected chi connectivity index (χ1v) is 10.0. The van der Waals surface area contributed by atoms with Crippen LogP contribution >= 0.6 is 11.3 Å². The first-order chi connectivity index (χ1) is 13.3. The molecule has 1 aliphatic rings. The van der Waals surface area contributed by atoms with E-state index in [-0.39, 0.29) is 0 Å². The molecule has 3 heterocycles. The van der Waals surface area contributed by atoms with Gasteiger partial charge >= 0.3 is 0 Å². The number of aromatic nitrogens is 3. The first kappa shape index (κ1) is 16.5. The Hall–Kier alpha value is -2.70. The van der Waals surface area contributed by atoms with E-state index in [2.05, 4.69) is 64.4 Å². The van der Waals surface area contributed by atoms with Crippen LogP contribution in [0, 0.1) is 0 Å². The van der Waals surface area contributed by atoms with Crippen LogP contribution in [0.3, 0.4) is 0 Å². The summed E-state index contributed by atoms with van der Waals surface area (Å²) in [7, 11) is 2.18. The summed E-state index contributed by atoms with van der Waals surface area (Å²) in [6.45, 7) is 4.38. The van der Waals surface area contributed by atoms with E-state index < -0.39 is 0 Å². The highest BCUT2D eigenvalue weighted by Gasteiger charge is 2.15. The van der Waals surface area contributed by atoms with Gasteiger partial charge in [0, 0.05) is 31.9 Å². The summed E-state index contributed by atoms with van der Waals surface area (Å²) in [5.41, 5.74) is 4.41. The molecule has 0 unspecified atom stereocenters. The molecular formula is C21H21N5S. The van der Waals surface area contributed by atoms with Crippen LogP contribution in [0.15, 0.2) is 60.8 Å². The standard InChI is InChI=1S/C21H21N5S/c1-24-12-14-25(15-13-24)16-6-8-17(9-7-16)26-19(10-11-22-26)21-23-18-4-2-3-5-20(18)27-21/h2-11H,12-15H2,1H3. The molecule has 4 aromatic rings. The van der Waals surface area contributed by atoms with E-state index in [0.717, 1.165) is 48.1 Å². The smallest absolute Gasteiger partial charge is 0.143 e. The molecule has 0 atom stereocenters. The van der Waals surface area contributed by atoms with E-state index in [1.807, 2.05) is 23.0 Å². The second-order valence-corrected chi connectivity index (χ2v) is 7.95. The van der Waals surface area contributed by atoms with Gasteiger partial charge < -0.3 is 9.80 Å². The van der Waals surface area contributed by atoms with E-state index in [9.17, 15) is 0 Å². The van der Waals surface area contributed by atoms with Gasteiger partial charge in [-0.2, -0.15) is 5.10 Å². The zero-order valence-corrected chi connectivity index (χ0v) is 16.1. The molecule has 1 saturated heterocycles. The highest BCUT2D eigenvalue weighted by molar-refractivity contribution is 7.21. The Morgan fingerprint density at radius 3 is 2.37 bits per heavy atom. The lowest BCUT2D eigenvalue weighted by atomic mass is 10.2. The summed E-state index contributed by atoms with van der Waals surface area (Å²) >= 11 is 1.71. The minimum Gasteiger partial charge on any atom is -0.369 e. The van der Waals surface area contributed by atoms with E-state index in [0.29, 0.717) is 0 Å². The van der Waals surface area contributed by atoms with Gasteiger partial charge in [-0.3, -0.25) is 0 Å². The highest BCUT2D eigenvalue weighted by atomic mass is 32.1. The van der Waals surface area contributed by atoms with Gasteiger partial charge in [-0.15, -0.1) is 11.3 Å². The number of para-hydroxylation sites is 1. The monoisotopic (exact) mass is 375 g/mol. The summed E-state index contributed by atoms with van der Waals surface area (Å²) in [6.07, 6.45) is 1.84. The number of thiazole rings is 1. The molecule has 0 amide bonds. The Labute approximate surface area is 162 Å². The predicted molar refractivity (Wildman–Crippen MR) is 112 cm³/mol. The molecule has 2 aromatic carbocycles. The molecular weight excluding hydrogens is 354 g/mol. The minimum absolute atomic E-state index is 0.997. The fraction of sp³-hybridized carbons (Fsp3) is 0.238. The van der Waals surface area contributed by atoms with Crippen molar-refractivity contribution in [2.45, 2.75) is 0 Å². The molecule has 1 aliphatic heterocycles. The van der Waals surface area contributed by atoms with Crippen LogP contribution in [0.4, 0.5) is 5.69 Å². The van der Waals surface area contributed by atoms with E-state index >= 15 is 0 Å². The van der Waals surface area contributed by atoms with Gasteiger partial charge in [-0.05, 0) is 49.5 Å². The number of anilines is 1. The second-order valence-electron chi connectivity index (χ2n) is 6.92. The Bertz CT molecular complexity index is 1020. The summed E-state index contributed by atoms with van der Waals surface area (Å²) in [6, 6.07) is 19.0. The fourth-order valence-corrected chi connectivity index (χ4v) is 4.50. The molecule has 0 spiro atoms. The zero-order chi connectivity index (χ0) is 18.2. The molecule has 0 radical (unpaired) electrons. The van der Waals surface area contributed by atoms with Crippen LogP contribution in [-0.4, -0.2) is 52.9 Å². The van der Waals surface area contributed by atoms with Gasteiger partial charge in [-0.25, -0.2) is 9.67 Å². The van der Waals surface area contributed by atoms with Crippen molar-refractivity contribution < 1.29 is 0 Å². The molecule has 6 heteroatoms. The molecule has 2 aromatic heterocycles. The number of benzene rings is 2. The molecule has 0 N–H and O–H groups in total. The van der Waals surface area contributed by atoms with Crippen LogP contribution in [0.1, 0.15) is 0 Å². The van der Waals surface area contributed by atoms with Gasteiger partial charge in [0.25, 0.3) is 0 Å². The van der Waals surface area contributed by atoms with Crippen LogP contribution < -0.4 is 4.90 Å². The number of nitrogens with zero attached hydrogens (tertiary/aromatic N) is 5. The zero-order valence-electron chi connectivity index (χ0n) is 15.2. The maximum Gasteiger partial charge on any atom is 0.143 e. The summed E-state index contributed by atoms with van der Waals surface area (Å²) in [5.74, 6) is 0. The number of fused-ring (bicyclic) bond motifs is 1. The van der Waals surface area contributed by atoms with Gasteiger partial charge in [0.2, 0.25) is 0 Å². The first-order valence-electron chi connectivity index (χ1n) is 9.22. The largest absolute Gasteiger partial charge is 0.369 e. The van der Waals surface area contributed by atoms with E-state index in [4.69, 9.17) is 4.98 Å². The fourth-order valence-electron chi connectivity index (χ4n) is 3.52. The van der Waals surface area contributed by atoms with Crippen molar-refractivity contribution in [3.05, 3.63) is 60.8 Å². The second kappa shape index (κ2) is 6.79. The third-order valence-corrected chi connectivity index (χ3v) is 6.18. The van der Waals surface area contributed by atoms with Crippen LogP contribution in [0.5, 0.6) is 0 Å². The Balaban J connectivity index is 1.45. The van der Waals surface area contributed by atoms with Crippen molar-refractivity contribution in [2.75, 3.05) is 38.1 Å². The maximum absolute atomic E-state index is 4.78. The lowest BCUT2D eigenvalue weighted by Gasteiger charge is -2.34. The third kappa shape index (κ3) is 3.11. The van der Waals surface area contributed by atoms with E-state index in [1.54, 1.807) is 11.3 Å². The van der Waals surface area contributed by atoms with Crippen molar-refractivity contribution in [3.8, 4) is 16.4 Å². The minimum atomic E-state index is 0.997. The Kier molecular flexibility index (Phi) is 4.14. The molecule has 5 rings (SSSR count). The van der Waals surface area contributed by atoms with Crippen molar-refractivity contribution >= 4 is 27.2 Å². The van der Waals surface area contributed by atoms with Crippen molar-refractivity contribution in [1.29, 1.82) is 0 Å². The number of piperazine rings is 1. The Morgan fingerprint density at radius 2 is 1.59 bits per heavy atom. The lowest BCUT2D eigenvalue weighted by Crippen LogP contribution is -2.44. The number of likely N-dealkylation sites (N-methyl/N-ethyl adjacent to an activating group) is 1. The molecule has 0 bridgehead atoms.